The van der Waals surface area contributed by atoms with Gasteiger partial charge < -0.3 is 15.4 Å². The molecule has 2 aromatic carbocycles. The fraction of sp³-hybridized carbons (Fsp3) is 0.333. The number of alkyl carbamates (subject to hydrolysis) is 1. The Bertz CT molecular complexity index is 1230. The Morgan fingerprint density at radius 2 is 1.61 bits per heavy atom. The lowest BCUT2D eigenvalue weighted by Gasteiger charge is -2.19. The fourth-order valence-corrected chi connectivity index (χ4v) is 4.63. The summed E-state index contributed by atoms with van der Waals surface area (Å²) in [5.41, 5.74) is -0.561. The van der Waals surface area contributed by atoms with Crippen molar-refractivity contribution in [3.63, 3.8) is 0 Å². The van der Waals surface area contributed by atoms with Crippen LogP contribution in [0.2, 0.25) is 0 Å². The molecule has 2 rings (SSSR count). The highest BCUT2D eigenvalue weighted by molar-refractivity contribution is 7.90. The topological polar surface area (TPSA) is 148 Å². The number of ether oxygens (including phenoxy) is 1. The number of rotatable bonds is 8. The Kier molecular flexibility index (Phi) is 8.22. The molecule has 0 heterocycles. The van der Waals surface area contributed by atoms with E-state index in [0.29, 0.717) is 0 Å². The molecule has 0 radical (unpaired) electrons. The van der Waals surface area contributed by atoms with Crippen molar-refractivity contribution in [1.82, 2.24) is 10.0 Å². The van der Waals surface area contributed by atoms with Crippen LogP contribution >= 0.6 is 0 Å². The van der Waals surface area contributed by atoms with Gasteiger partial charge in [-0.15, -0.1) is 0 Å². The predicted octanol–water partition coefficient (Wildman–Crippen LogP) is 2.15. The highest BCUT2D eigenvalue weighted by Crippen LogP contribution is 2.19. The number of sulfonamides is 1. The van der Waals surface area contributed by atoms with Crippen molar-refractivity contribution in [2.45, 2.75) is 36.2 Å². The number of benzene rings is 2. The molecular weight excluding hydrogens is 470 g/mol. The van der Waals surface area contributed by atoms with E-state index in [-0.39, 0.29) is 34.1 Å². The SMILES string of the molecule is CC(C)(C)OC(=O)NCCNS(=O)(=O)c1cccc(NC(=O)c2ccccc2S(C)(=O)=O)c1. The van der Waals surface area contributed by atoms with Gasteiger partial charge in [-0.1, -0.05) is 18.2 Å². The molecule has 180 valence electrons. The van der Waals surface area contributed by atoms with Crippen LogP contribution < -0.4 is 15.4 Å². The lowest BCUT2D eigenvalue weighted by Crippen LogP contribution is -2.37. The summed E-state index contributed by atoms with van der Waals surface area (Å²) in [6, 6.07) is 11.2. The summed E-state index contributed by atoms with van der Waals surface area (Å²) in [6.45, 7) is 5.05. The van der Waals surface area contributed by atoms with Crippen molar-refractivity contribution in [1.29, 1.82) is 0 Å². The van der Waals surface area contributed by atoms with Gasteiger partial charge in [0.05, 0.1) is 15.4 Å². The van der Waals surface area contributed by atoms with Crippen LogP contribution in [-0.4, -0.2) is 53.8 Å². The van der Waals surface area contributed by atoms with E-state index >= 15 is 0 Å². The quantitative estimate of drug-likeness (QED) is 0.473. The maximum absolute atomic E-state index is 12.6. The zero-order chi connectivity index (χ0) is 24.9. The Hall–Kier alpha value is -2.96. The Morgan fingerprint density at radius 3 is 2.24 bits per heavy atom. The van der Waals surface area contributed by atoms with Gasteiger partial charge in [-0.05, 0) is 51.1 Å². The molecule has 0 bridgehead atoms. The number of carbonyl (C=O) groups excluding carboxylic acids is 2. The highest BCUT2D eigenvalue weighted by Gasteiger charge is 2.20. The van der Waals surface area contributed by atoms with Crippen molar-refractivity contribution >= 4 is 37.5 Å². The van der Waals surface area contributed by atoms with Gasteiger partial charge in [0.1, 0.15) is 5.60 Å². The van der Waals surface area contributed by atoms with E-state index in [0.717, 1.165) is 6.26 Å². The van der Waals surface area contributed by atoms with E-state index in [1.54, 1.807) is 20.8 Å². The Morgan fingerprint density at radius 1 is 0.939 bits per heavy atom. The maximum Gasteiger partial charge on any atom is 0.407 e. The van der Waals surface area contributed by atoms with Crippen molar-refractivity contribution in [3.8, 4) is 0 Å². The van der Waals surface area contributed by atoms with Gasteiger partial charge in [0.25, 0.3) is 5.91 Å². The number of nitrogens with one attached hydrogen (secondary N) is 3. The third-order valence-corrected chi connectivity index (χ3v) is 6.63. The third-order valence-electron chi connectivity index (χ3n) is 4.02. The first kappa shape index (κ1) is 26.3. The molecule has 10 nitrogen and oxygen atoms in total. The molecule has 12 heteroatoms. The molecule has 33 heavy (non-hydrogen) atoms. The monoisotopic (exact) mass is 497 g/mol. The molecule has 0 spiro atoms. The van der Waals surface area contributed by atoms with Crippen molar-refractivity contribution in [3.05, 3.63) is 54.1 Å². The average molecular weight is 498 g/mol. The first-order chi connectivity index (χ1) is 15.2. The second-order valence-electron chi connectivity index (χ2n) is 8.08. The van der Waals surface area contributed by atoms with E-state index in [9.17, 15) is 26.4 Å². The fourth-order valence-electron chi connectivity index (χ4n) is 2.66. The summed E-state index contributed by atoms with van der Waals surface area (Å²) in [7, 11) is -7.57. The van der Waals surface area contributed by atoms with E-state index < -0.39 is 37.5 Å². The van der Waals surface area contributed by atoms with Gasteiger partial charge in [-0.25, -0.2) is 26.4 Å². The Labute approximate surface area is 193 Å². The molecular formula is C21H27N3O7S2. The smallest absolute Gasteiger partial charge is 0.407 e. The molecule has 3 N–H and O–H groups in total. The number of hydrogen-bond acceptors (Lipinski definition) is 7. The number of amides is 2. The third kappa shape index (κ3) is 8.15. The number of anilines is 1. The van der Waals surface area contributed by atoms with Crippen LogP contribution in [0, 0.1) is 0 Å². The van der Waals surface area contributed by atoms with E-state index in [1.165, 1.54) is 48.5 Å². The largest absolute Gasteiger partial charge is 0.444 e. The van der Waals surface area contributed by atoms with Gasteiger partial charge in [0, 0.05) is 25.0 Å². The number of hydrogen-bond donors (Lipinski definition) is 3. The average Bonchev–Trinajstić information content (AvgIpc) is 2.69. The highest BCUT2D eigenvalue weighted by atomic mass is 32.2. The molecule has 0 fully saturated rings. The van der Waals surface area contributed by atoms with Gasteiger partial charge in [0.2, 0.25) is 10.0 Å². The molecule has 0 aliphatic rings. The molecule has 0 aliphatic carbocycles. The van der Waals surface area contributed by atoms with Gasteiger partial charge in [-0.2, -0.15) is 0 Å². The second kappa shape index (κ2) is 10.3. The lowest BCUT2D eigenvalue weighted by molar-refractivity contribution is 0.0528. The molecule has 2 aromatic rings. The summed E-state index contributed by atoms with van der Waals surface area (Å²) in [4.78, 5) is 24.0. The molecule has 0 saturated heterocycles. The minimum Gasteiger partial charge on any atom is -0.444 e. The van der Waals surface area contributed by atoms with Crippen LogP contribution in [0.25, 0.3) is 0 Å². The van der Waals surface area contributed by atoms with Crippen LogP contribution in [0.5, 0.6) is 0 Å². The lowest BCUT2D eigenvalue weighted by atomic mass is 10.2. The first-order valence-electron chi connectivity index (χ1n) is 9.86. The zero-order valence-corrected chi connectivity index (χ0v) is 20.3. The molecule has 2 amide bonds. The van der Waals surface area contributed by atoms with Crippen molar-refractivity contribution in [2.24, 2.45) is 0 Å². The predicted molar refractivity (Wildman–Crippen MR) is 123 cm³/mol. The molecule has 0 atom stereocenters. The standard InChI is InChI=1S/C21H27N3O7S2/c1-21(2,3)31-20(26)22-12-13-23-33(29,30)16-9-7-8-15(14-16)24-19(25)17-10-5-6-11-18(17)32(4,27)28/h5-11,14,23H,12-13H2,1-4H3,(H,22,26)(H,24,25). The summed E-state index contributed by atoms with van der Waals surface area (Å²) in [5.74, 6) is -0.694. The second-order valence-corrected chi connectivity index (χ2v) is 11.8. The van der Waals surface area contributed by atoms with E-state index in [2.05, 4.69) is 15.4 Å². The van der Waals surface area contributed by atoms with Crippen LogP contribution in [0.4, 0.5) is 10.5 Å². The van der Waals surface area contributed by atoms with Crippen LogP contribution in [0.3, 0.4) is 0 Å². The molecule has 0 aliphatic heterocycles. The van der Waals surface area contributed by atoms with Crippen LogP contribution in [0.1, 0.15) is 31.1 Å². The van der Waals surface area contributed by atoms with Crippen LogP contribution in [0.15, 0.2) is 58.3 Å². The first-order valence-corrected chi connectivity index (χ1v) is 13.2. The van der Waals surface area contributed by atoms with Crippen molar-refractivity contribution < 1.29 is 31.2 Å². The van der Waals surface area contributed by atoms with E-state index in [1.807, 2.05) is 0 Å². The van der Waals surface area contributed by atoms with Gasteiger partial charge in [-0.3, -0.25) is 4.79 Å². The van der Waals surface area contributed by atoms with Gasteiger partial charge >= 0.3 is 6.09 Å². The number of carbonyl (C=O) groups is 2. The number of sulfone groups is 1. The normalized spacial score (nSPS) is 12.1. The summed E-state index contributed by atoms with van der Waals surface area (Å²) >= 11 is 0. The van der Waals surface area contributed by atoms with E-state index in [4.69, 9.17) is 4.74 Å². The minimum atomic E-state index is -3.94. The molecule has 0 saturated carbocycles. The summed E-state index contributed by atoms with van der Waals surface area (Å²) in [6.07, 6.45) is 0.330. The molecule has 0 unspecified atom stereocenters. The minimum absolute atomic E-state index is 0.00679. The van der Waals surface area contributed by atoms with Crippen LogP contribution in [-0.2, 0) is 24.6 Å². The summed E-state index contributed by atoms with van der Waals surface area (Å²) < 4.78 is 56.4. The zero-order valence-electron chi connectivity index (χ0n) is 18.7. The maximum atomic E-state index is 12.6. The molecule has 0 aromatic heterocycles. The Balaban J connectivity index is 2.05. The summed E-state index contributed by atoms with van der Waals surface area (Å²) in [5, 5.41) is 4.96. The van der Waals surface area contributed by atoms with Gasteiger partial charge in [0.15, 0.2) is 9.84 Å². The van der Waals surface area contributed by atoms with Crippen molar-refractivity contribution in [2.75, 3.05) is 24.7 Å².